The Morgan fingerprint density at radius 1 is 1.12 bits per heavy atom. The standard InChI is InChI=1S/C24H22N4O3S/c1-14-6-8-15(9-7-14)19-13-32-24(26-19)27-20(29)12-25-22(30)21-17-4-2-3-5-18(17)23(31)28(21)16-10-11-16/h2-9,13,16,21H,10-12H2,1H3,(H,25,30)(H,26,27,29)/t21-/m1/s1. The predicted octanol–water partition coefficient (Wildman–Crippen LogP) is 3.53. The van der Waals surface area contributed by atoms with Gasteiger partial charge in [0.25, 0.3) is 5.91 Å². The molecule has 7 nitrogen and oxygen atoms in total. The van der Waals surface area contributed by atoms with Crippen molar-refractivity contribution in [2.24, 2.45) is 0 Å². The molecule has 1 saturated carbocycles. The average Bonchev–Trinajstić information content (AvgIpc) is 3.45. The van der Waals surface area contributed by atoms with Gasteiger partial charge in [-0.05, 0) is 31.4 Å². The quantitative estimate of drug-likeness (QED) is 0.606. The molecule has 8 heteroatoms. The van der Waals surface area contributed by atoms with Crippen molar-refractivity contribution in [1.29, 1.82) is 0 Å². The molecule has 1 aromatic heterocycles. The molecule has 0 bridgehead atoms. The molecular formula is C24H22N4O3S. The van der Waals surface area contributed by atoms with Crippen LogP contribution in [0.5, 0.6) is 0 Å². The number of rotatable bonds is 6. The number of nitrogens with one attached hydrogen (secondary N) is 2. The number of hydrogen-bond donors (Lipinski definition) is 2. The van der Waals surface area contributed by atoms with Crippen LogP contribution in [0.3, 0.4) is 0 Å². The largest absolute Gasteiger partial charge is 0.345 e. The molecule has 0 spiro atoms. The zero-order valence-corrected chi connectivity index (χ0v) is 18.3. The fraction of sp³-hybridized carbons (Fsp3) is 0.250. The summed E-state index contributed by atoms with van der Waals surface area (Å²) >= 11 is 1.33. The molecule has 2 aromatic carbocycles. The number of carbonyl (C=O) groups is 3. The number of carbonyl (C=O) groups excluding carboxylic acids is 3. The predicted molar refractivity (Wildman–Crippen MR) is 122 cm³/mol. The highest BCUT2D eigenvalue weighted by molar-refractivity contribution is 7.14. The molecule has 2 heterocycles. The number of benzene rings is 2. The molecule has 5 rings (SSSR count). The van der Waals surface area contributed by atoms with E-state index in [4.69, 9.17) is 0 Å². The number of hydrogen-bond acceptors (Lipinski definition) is 5. The van der Waals surface area contributed by atoms with E-state index in [9.17, 15) is 14.4 Å². The average molecular weight is 447 g/mol. The van der Waals surface area contributed by atoms with Crippen LogP contribution in [0.4, 0.5) is 5.13 Å². The van der Waals surface area contributed by atoms with Crippen LogP contribution in [0.15, 0.2) is 53.9 Å². The summed E-state index contributed by atoms with van der Waals surface area (Å²) in [6.45, 7) is 1.83. The minimum Gasteiger partial charge on any atom is -0.345 e. The van der Waals surface area contributed by atoms with Crippen LogP contribution in [-0.4, -0.2) is 40.2 Å². The first-order chi connectivity index (χ1) is 15.5. The third-order valence-corrected chi connectivity index (χ3v) is 6.47. The number of anilines is 1. The zero-order valence-electron chi connectivity index (χ0n) is 17.5. The second kappa shape index (κ2) is 8.20. The van der Waals surface area contributed by atoms with Crippen LogP contribution >= 0.6 is 11.3 Å². The van der Waals surface area contributed by atoms with Crippen molar-refractivity contribution in [3.8, 4) is 11.3 Å². The maximum atomic E-state index is 13.0. The molecule has 32 heavy (non-hydrogen) atoms. The van der Waals surface area contributed by atoms with E-state index in [1.54, 1.807) is 17.0 Å². The van der Waals surface area contributed by atoms with Crippen molar-refractivity contribution in [3.05, 3.63) is 70.6 Å². The normalized spacial score (nSPS) is 17.2. The first kappa shape index (κ1) is 20.4. The Morgan fingerprint density at radius 2 is 1.88 bits per heavy atom. The van der Waals surface area contributed by atoms with Crippen molar-refractivity contribution >= 4 is 34.2 Å². The molecule has 1 fully saturated rings. The molecule has 3 amide bonds. The Bertz CT molecular complexity index is 1200. The number of aromatic nitrogens is 1. The smallest absolute Gasteiger partial charge is 0.255 e. The maximum Gasteiger partial charge on any atom is 0.255 e. The molecule has 2 aliphatic rings. The zero-order chi connectivity index (χ0) is 22.2. The first-order valence-corrected chi connectivity index (χ1v) is 11.4. The highest BCUT2D eigenvalue weighted by Crippen LogP contribution is 2.41. The van der Waals surface area contributed by atoms with Gasteiger partial charge in [-0.25, -0.2) is 4.98 Å². The number of nitrogens with zero attached hydrogens (tertiary/aromatic N) is 2. The maximum absolute atomic E-state index is 13.0. The van der Waals surface area contributed by atoms with E-state index in [-0.39, 0.29) is 30.3 Å². The van der Waals surface area contributed by atoms with Gasteiger partial charge in [0.2, 0.25) is 11.8 Å². The molecule has 162 valence electrons. The summed E-state index contributed by atoms with van der Waals surface area (Å²) in [4.78, 5) is 44.3. The van der Waals surface area contributed by atoms with Gasteiger partial charge in [0, 0.05) is 22.5 Å². The van der Waals surface area contributed by atoms with E-state index in [1.165, 1.54) is 16.9 Å². The van der Waals surface area contributed by atoms with Crippen LogP contribution in [-0.2, 0) is 9.59 Å². The van der Waals surface area contributed by atoms with Gasteiger partial charge in [-0.15, -0.1) is 11.3 Å². The highest BCUT2D eigenvalue weighted by Gasteiger charge is 2.47. The number of fused-ring (bicyclic) bond motifs is 1. The Labute approximate surface area is 189 Å². The number of aryl methyl sites for hydroxylation is 1. The second-order valence-electron chi connectivity index (χ2n) is 8.10. The summed E-state index contributed by atoms with van der Waals surface area (Å²) in [6.07, 6.45) is 1.80. The SMILES string of the molecule is Cc1ccc(-c2csc(NC(=O)CNC(=O)[C@H]3c4ccccc4C(=O)N3C3CC3)n2)cc1. The minimum atomic E-state index is -0.688. The van der Waals surface area contributed by atoms with Crippen LogP contribution in [0, 0.1) is 6.92 Å². The third-order valence-electron chi connectivity index (χ3n) is 5.71. The van der Waals surface area contributed by atoms with Gasteiger partial charge in [0.05, 0.1) is 12.2 Å². The van der Waals surface area contributed by atoms with Crippen molar-refractivity contribution < 1.29 is 14.4 Å². The van der Waals surface area contributed by atoms with Crippen molar-refractivity contribution in [2.75, 3.05) is 11.9 Å². The van der Waals surface area contributed by atoms with Gasteiger partial charge < -0.3 is 15.5 Å². The van der Waals surface area contributed by atoms with E-state index >= 15 is 0 Å². The molecule has 0 radical (unpaired) electrons. The van der Waals surface area contributed by atoms with Crippen LogP contribution < -0.4 is 10.6 Å². The lowest BCUT2D eigenvalue weighted by Crippen LogP contribution is -2.42. The lowest BCUT2D eigenvalue weighted by Gasteiger charge is -2.24. The number of thiazole rings is 1. The van der Waals surface area contributed by atoms with Gasteiger partial charge in [0.15, 0.2) is 5.13 Å². The summed E-state index contributed by atoms with van der Waals surface area (Å²) < 4.78 is 0. The van der Waals surface area contributed by atoms with Gasteiger partial charge in [0.1, 0.15) is 6.04 Å². The van der Waals surface area contributed by atoms with Gasteiger partial charge >= 0.3 is 0 Å². The Morgan fingerprint density at radius 3 is 2.62 bits per heavy atom. The fourth-order valence-electron chi connectivity index (χ4n) is 3.95. The summed E-state index contributed by atoms with van der Waals surface area (Å²) in [6, 6.07) is 14.6. The van der Waals surface area contributed by atoms with E-state index in [2.05, 4.69) is 15.6 Å². The first-order valence-electron chi connectivity index (χ1n) is 10.5. The van der Waals surface area contributed by atoms with Crippen LogP contribution in [0.1, 0.15) is 40.4 Å². The minimum absolute atomic E-state index is 0.0926. The molecule has 0 saturated heterocycles. The highest BCUT2D eigenvalue weighted by atomic mass is 32.1. The van der Waals surface area contributed by atoms with Gasteiger partial charge in [-0.3, -0.25) is 14.4 Å². The van der Waals surface area contributed by atoms with Crippen LogP contribution in [0.25, 0.3) is 11.3 Å². The van der Waals surface area contributed by atoms with E-state index in [0.717, 1.165) is 24.1 Å². The van der Waals surface area contributed by atoms with Crippen molar-refractivity contribution in [2.45, 2.75) is 31.8 Å². The molecule has 3 aromatic rings. The van der Waals surface area contributed by atoms with E-state index < -0.39 is 6.04 Å². The topological polar surface area (TPSA) is 91.4 Å². The van der Waals surface area contributed by atoms with E-state index in [1.807, 2.05) is 48.7 Å². The van der Waals surface area contributed by atoms with Gasteiger partial charge in [-0.1, -0.05) is 48.0 Å². The lowest BCUT2D eigenvalue weighted by atomic mass is 10.0. The van der Waals surface area contributed by atoms with Crippen molar-refractivity contribution in [1.82, 2.24) is 15.2 Å². The molecule has 1 aliphatic heterocycles. The molecule has 1 atom stereocenters. The Hall–Kier alpha value is -3.52. The Kier molecular flexibility index (Phi) is 5.22. The lowest BCUT2D eigenvalue weighted by molar-refractivity contribution is -0.127. The fourth-order valence-corrected chi connectivity index (χ4v) is 4.68. The molecule has 1 aliphatic carbocycles. The number of amides is 3. The third kappa shape index (κ3) is 3.89. The van der Waals surface area contributed by atoms with Crippen molar-refractivity contribution in [3.63, 3.8) is 0 Å². The molecule has 0 unspecified atom stereocenters. The van der Waals surface area contributed by atoms with E-state index in [0.29, 0.717) is 16.3 Å². The monoisotopic (exact) mass is 446 g/mol. The summed E-state index contributed by atoms with van der Waals surface area (Å²) in [5, 5.41) is 7.79. The summed E-state index contributed by atoms with van der Waals surface area (Å²) in [5.74, 6) is -0.817. The van der Waals surface area contributed by atoms with Gasteiger partial charge in [-0.2, -0.15) is 0 Å². The van der Waals surface area contributed by atoms with Crippen LogP contribution in [0.2, 0.25) is 0 Å². The molecule has 2 N–H and O–H groups in total. The molecular weight excluding hydrogens is 424 g/mol. The summed E-state index contributed by atoms with van der Waals surface area (Å²) in [5.41, 5.74) is 4.20. The Balaban J connectivity index is 1.22. The summed E-state index contributed by atoms with van der Waals surface area (Å²) in [7, 11) is 0. The second-order valence-corrected chi connectivity index (χ2v) is 8.96.